The number of nitrogens with zero attached hydrogens (tertiary/aromatic N) is 2. The normalized spacial score (nSPS) is 12.4. The van der Waals surface area contributed by atoms with Crippen LogP contribution in [0.3, 0.4) is 0 Å². The summed E-state index contributed by atoms with van der Waals surface area (Å²) >= 11 is 1.42. The van der Waals surface area contributed by atoms with Gasteiger partial charge in [-0.15, -0.1) is 11.8 Å². The monoisotopic (exact) mass is 198 g/mol. The minimum Gasteiger partial charge on any atom is -0.481 e. The number of aromatic nitrogens is 2. The van der Waals surface area contributed by atoms with Gasteiger partial charge in [0.05, 0.1) is 12.6 Å². The molecule has 1 unspecified atom stereocenters. The van der Waals surface area contributed by atoms with Crippen molar-refractivity contribution in [2.45, 2.75) is 23.6 Å². The highest BCUT2D eigenvalue weighted by Crippen LogP contribution is 2.21. The smallest absolute Gasteiger partial charge is 0.304 e. The summed E-state index contributed by atoms with van der Waals surface area (Å²) in [6.07, 6.45) is 4.95. The van der Waals surface area contributed by atoms with E-state index in [2.05, 4.69) is 9.97 Å². The van der Waals surface area contributed by atoms with Crippen LogP contribution in [0.1, 0.15) is 13.3 Å². The number of carboxylic acids is 1. The highest BCUT2D eigenvalue weighted by Gasteiger charge is 2.09. The van der Waals surface area contributed by atoms with E-state index >= 15 is 0 Å². The van der Waals surface area contributed by atoms with E-state index < -0.39 is 5.97 Å². The molecule has 4 nitrogen and oxygen atoms in total. The Kier molecular flexibility index (Phi) is 3.70. The van der Waals surface area contributed by atoms with Crippen molar-refractivity contribution in [3.63, 3.8) is 0 Å². The molecule has 0 spiro atoms. The third kappa shape index (κ3) is 3.89. The molecule has 0 aliphatic heterocycles. The average Bonchev–Trinajstić information content (AvgIpc) is 2.04. The van der Waals surface area contributed by atoms with Crippen molar-refractivity contribution >= 4 is 17.7 Å². The van der Waals surface area contributed by atoms with Crippen molar-refractivity contribution in [3.8, 4) is 0 Å². The summed E-state index contributed by atoms with van der Waals surface area (Å²) in [5.41, 5.74) is 0. The molecular formula is C8H10N2O2S. The highest BCUT2D eigenvalue weighted by molar-refractivity contribution is 7.99. The molecule has 0 radical (unpaired) electrons. The number of hydrogen-bond donors (Lipinski definition) is 1. The molecular weight excluding hydrogens is 188 g/mol. The molecule has 70 valence electrons. The van der Waals surface area contributed by atoms with E-state index in [1.165, 1.54) is 11.8 Å². The summed E-state index contributed by atoms with van der Waals surface area (Å²) < 4.78 is 0. The first kappa shape index (κ1) is 9.98. The molecule has 0 saturated heterocycles. The van der Waals surface area contributed by atoms with Crippen LogP contribution in [0, 0.1) is 0 Å². The standard InChI is InChI=1S/C8H10N2O2S/c1-6(4-8(11)12)13-7-5-9-2-3-10-7/h2-3,5-6H,4H2,1H3,(H,11,12). The van der Waals surface area contributed by atoms with E-state index in [1.54, 1.807) is 18.6 Å². The van der Waals surface area contributed by atoms with Crippen LogP contribution in [0.25, 0.3) is 0 Å². The molecule has 5 heteroatoms. The van der Waals surface area contributed by atoms with Gasteiger partial charge in [-0.1, -0.05) is 6.92 Å². The topological polar surface area (TPSA) is 63.1 Å². The average molecular weight is 198 g/mol. The summed E-state index contributed by atoms with van der Waals surface area (Å²) in [6.45, 7) is 1.85. The van der Waals surface area contributed by atoms with Crippen LogP contribution in [0.2, 0.25) is 0 Å². The Balaban J connectivity index is 2.45. The maximum absolute atomic E-state index is 10.4. The second kappa shape index (κ2) is 4.81. The molecule has 0 amide bonds. The van der Waals surface area contributed by atoms with E-state index in [1.807, 2.05) is 6.92 Å². The van der Waals surface area contributed by atoms with E-state index in [4.69, 9.17) is 5.11 Å². The lowest BCUT2D eigenvalue weighted by atomic mass is 10.3. The fourth-order valence-corrected chi connectivity index (χ4v) is 1.72. The zero-order valence-electron chi connectivity index (χ0n) is 7.17. The van der Waals surface area contributed by atoms with Gasteiger partial charge in [0.1, 0.15) is 5.03 Å². The van der Waals surface area contributed by atoms with Crippen LogP contribution in [0.4, 0.5) is 0 Å². The first-order valence-electron chi connectivity index (χ1n) is 3.83. The second-order valence-corrected chi connectivity index (χ2v) is 4.03. The SMILES string of the molecule is CC(CC(=O)O)Sc1cnccn1. The molecule has 1 aromatic heterocycles. The maximum Gasteiger partial charge on any atom is 0.304 e. The molecule has 1 atom stereocenters. The maximum atomic E-state index is 10.4. The van der Waals surface area contributed by atoms with Crippen molar-refractivity contribution in [1.29, 1.82) is 0 Å². The van der Waals surface area contributed by atoms with Crippen LogP contribution in [-0.2, 0) is 4.79 Å². The molecule has 0 aliphatic rings. The van der Waals surface area contributed by atoms with E-state index in [9.17, 15) is 4.79 Å². The minimum absolute atomic E-state index is 0.0224. The van der Waals surface area contributed by atoms with Gasteiger partial charge in [-0.25, -0.2) is 4.98 Å². The van der Waals surface area contributed by atoms with Gasteiger partial charge in [-0.05, 0) is 0 Å². The summed E-state index contributed by atoms with van der Waals surface area (Å²) in [6, 6.07) is 0. The number of hydrogen-bond acceptors (Lipinski definition) is 4. The predicted molar refractivity (Wildman–Crippen MR) is 49.6 cm³/mol. The van der Waals surface area contributed by atoms with Crippen molar-refractivity contribution in [1.82, 2.24) is 9.97 Å². The Labute approximate surface area is 80.4 Å². The molecule has 1 rings (SSSR count). The van der Waals surface area contributed by atoms with Gasteiger partial charge in [0, 0.05) is 17.6 Å². The molecule has 1 N–H and O–H groups in total. The fourth-order valence-electron chi connectivity index (χ4n) is 0.840. The van der Waals surface area contributed by atoms with Gasteiger partial charge < -0.3 is 5.11 Å². The van der Waals surface area contributed by atoms with Crippen LogP contribution >= 0.6 is 11.8 Å². The zero-order valence-corrected chi connectivity index (χ0v) is 7.99. The van der Waals surface area contributed by atoms with Crippen molar-refractivity contribution in [2.75, 3.05) is 0 Å². The van der Waals surface area contributed by atoms with Gasteiger partial charge in [0.25, 0.3) is 0 Å². The molecule has 1 heterocycles. The molecule has 13 heavy (non-hydrogen) atoms. The van der Waals surface area contributed by atoms with Crippen LogP contribution in [-0.4, -0.2) is 26.3 Å². The highest BCUT2D eigenvalue weighted by atomic mass is 32.2. The molecule has 0 aromatic carbocycles. The molecule has 1 aromatic rings. The van der Waals surface area contributed by atoms with Gasteiger partial charge in [0.2, 0.25) is 0 Å². The lowest BCUT2D eigenvalue weighted by Crippen LogP contribution is -2.05. The molecule has 0 saturated carbocycles. The quantitative estimate of drug-likeness (QED) is 0.741. The molecule has 0 fully saturated rings. The number of thioether (sulfide) groups is 1. The summed E-state index contributed by atoms with van der Waals surface area (Å²) in [5.74, 6) is -0.788. The van der Waals surface area contributed by atoms with Crippen LogP contribution in [0.15, 0.2) is 23.6 Å². The van der Waals surface area contributed by atoms with Crippen molar-refractivity contribution in [3.05, 3.63) is 18.6 Å². The molecule has 0 bridgehead atoms. The number of aliphatic carboxylic acids is 1. The van der Waals surface area contributed by atoms with Crippen LogP contribution < -0.4 is 0 Å². The predicted octanol–water partition coefficient (Wildman–Crippen LogP) is 1.43. The Hall–Kier alpha value is -1.10. The van der Waals surface area contributed by atoms with Crippen LogP contribution in [0.5, 0.6) is 0 Å². The number of carbonyl (C=O) groups is 1. The van der Waals surface area contributed by atoms with Gasteiger partial charge in [-0.3, -0.25) is 9.78 Å². The van der Waals surface area contributed by atoms with E-state index in [0.29, 0.717) is 0 Å². The Bertz CT molecular complexity index is 279. The first-order valence-corrected chi connectivity index (χ1v) is 4.71. The summed E-state index contributed by atoms with van der Waals surface area (Å²) in [4.78, 5) is 18.3. The zero-order chi connectivity index (χ0) is 9.68. The summed E-state index contributed by atoms with van der Waals surface area (Å²) in [5, 5.41) is 9.30. The molecule has 0 aliphatic carbocycles. The van der Waals surface area contributed by atoms with Gasteiger partial charge >= 0.3 is 5.97 Å². The second-order valence-electron chi connectivity index (χ2n) is 2.57. The lowest BCUT2D eigenvalue weighted by molar-refractivity contribution is -0.136. The summed E-state index contributed by atoms with van der Waals surface area (Å²) in [7, 11) is 0. The minimum atomic E-state index is -0.788. The van der Waals surface area contributed by atoms with Gasteiger partial charge in [0.15, 0.2) is 0 Å². The lowest BCUT2D eigenvalue weighted by Gasteiger charge is -2.05. The largest absolute Gasteiger partial charge is 0.481 e. The third-order valence-corrected chi connectivity index (χ3v) is 2.34. The first-order chi connectivity index (χ1) is 6.18. The Morgan fingerprint density at radius 1 is 1.69 bits per heavy atom. The van der Waals surface area contributed by atoms with Gasteiger partial charge in [-0.2, -0.15) is 0 Å². The van der Waals surface area contributed by atoms with E-state index in [0.717, 1.165) is 5.03 Å². The fraction of sp³-hybridized carbons (Fsp3) is 0.375. The number of carboxylic acid groups (broad SMARTS) is 1. The van der Waals surface area contributed by atoms with Crippen molar-refractivity contribution in [2.24, 2.45) is 0 Å². The van der Waals surface area contributed by atoms with Crippen molar-refractivity contribution < 1.29 is 9.90 Å². The number of rotatable bonds is 4. The Morgan fingerprint density at radius 3 is 3.00 bits per heavy atom. The third-order valence-electron chi connectivity index (χ3n) is 1.32. The Morgan fingerprint density at radius 2 is 2.46 bits per heavy atom. The van der Waals surface area contributed by atoms with E-state index in [-0.39, 0.29) is 11.7 Å².